The van der Waals surface area contributed by atoms with Crippen molar-refractivity contribution in [3.63, 3.8) is 0 Å². The molecule has 3 heteroatoms. The SMILES string of the molecule is N[C@@H](Cc1ccccc1)[C@H](c1ccccc1)[C@H](c1ccccc1)[C@@H](O)CCCO. The Morgan fingerprint density at radius 1 is 0.690 bits per heavy atom. The summed E-state index contributed by atoms with van der Waals surface area (Å²) in [6.07, 6.45) is 1.25. The molecule has 3 rings (SSSR count). The topological polar surface area (TPSA) is 66.5 Å². The molecule has 0 heterocycles. The number of aliphatic hydroxyl groups excluding tert-OH is 2. The van der Waals surface area contributed by atoms with Crippen molar-refractivity contribution in [2.45, 2.75) is 43.2 Å². The first-order valence-corrected chi connectivity index (χ1v) is 10.4. The number of nitrogens with two attached hydrogens (primary N) is 1. The maximum Gasteiger partial charge on any atom is 0.0616 e. The highest BCUT2D eigenvalue weighted by atomic mass is 16.3. The minimum atomic E-state index is -0.587. The van der Waals surface area contributed by atoms with Crippen molar-refractivity contribution in [3.05, 3.63) is 108 Å². The zero-order valence-corrected chi connectivity index (χ0v) is 16.8. The molecule has 3 nitrogen and oxygen atoms in total. The fourth-order valence-corrected chi connectivity index (χ4v) is 4.23. The molecule has 152 valence electrons. The van der Waals surface area contributed by atoms with Gasteiger partial charge in [0.25, 0.3) is 0 Å². The fourth-order valence-electron chi connectivity index (χ4n) is 4.23. The first-order chi connectivity index (χ1) is 14.2. The molecule has 0 saturated heterocycles. The van der Waals surface area contributed by atoms with E-state index in [1.165, 1.54) is 5.56 Å². The molecule has 0 aliphatic heterocycles. The Balaban J connectivity index is 2.00. The van der Waals surface area contributed by atoms with Gasteiger partial charge in [0, 0.05) is 24.5 Å². The predicted octanol–water partition coefficient (Wildman–Crippen LogP) is 4.26. The van der Waals surface area contributed by atoms with E-state index < -0.39 is 6.10 Å². The van der Waals surface area contributed by atoms with Crippen LogP contribution >= 0.6 is 0 Å². The van der Waals surface area contributed by atoms with Gasteiger partial charge in [-0.2, -0.15) is 0 Å². The molecule has 0 spiro atoms. The van der Waals surface area contributed by atoms with Crippen LogP contribution in [-0.2, 0) is 6.42 Å². The molecule has 0 radical (unpaired) electrons. The van der Waals surface area contributed by atoms with Crippen molar-refractivity contribution in [3.8, 4) is 0 Å². The maximum absolute atomic E-state index is 11.2. The van der Waals surface area contributed by atoms with Gasteiger partial charge >= 0.3 is 0 Å². The Kier molecular flexibility index (Phi) is 8.00. The molecule has 0 saturated carbocycles. The molecule has 0 unspecified atom stereocenters. The highest BCUT2D eigenvalue weighted by Gasteiger charge is 2.34. The minimum Gasteiger partial charge on any atom is -0.396 e. The van der Waals surface area contributed by atoms with Crippen molar-refractivity contribution in [2.75, 3.05) is 6.61 Å². The summed E-state index contributed by atoms with van der Waals surface area (Å²) < 4.78 is 0. The van der Waals surface area contributed by atoms with Crippen LogP contribution in [0.25, 0.3) is 0 Å². The summed E-state index contributed by atoms with van der Waals surface area (Å²) in [7, 11) is 0. The van der Waals surface area contributed by atoms with Crippen molar-refractivity contribution < 1.29 is 10.2 Å². The predicted molar refractivity (Wildman–Crippen MR) is 119 cm³/mol. The summed E-state index contributed by atoms with van der Waals surface area (Å²) in [4.78, 5) is 0. The molecule has 29 heavy (non-hydrogen) atoms. The lowest BCUT2D eigenvalue weighted by Gasteiger charge is -2.36. The summed E-state index contributed by atoms with van der Waals surface area (Å²) in [6.45, 7) is 0.0740. The van der Waals surface area contributed by atoms with Gasteiger partial charge in [-0.25, -0.2) is 0 Å². The number of hydrogen-bond acceptors (Lipinski definition) is 3. The van der Waals surface area contributed by atoms with Crippen LogP contribution < -0.4 is 5.73 Å². The van der Waals surface area contributed by atoms with Crippen LogP contribution in [-0.4, -0.2) is 29.0 Å². The van der Waals surface area contributed by atoms with Crippen LogP contribution in [0.15, 0.2) is 91.0 Å². The molecular formula is C26H31NO2. The largest absolute Gasteiger partial charge is 0.396 e. The zero-order valence-electron chi connectivity index (χ0n) is 16.8. The third kappa shape index (κ3) is 5.77. The second-order valence-corrected chi connectivity index (χ2v) is 7.66. The summed E-state index contributed by atoms with van der Waals surface area (Å²) >= 11 is 0. The molecule has 0 aliphatic carbocycles. The number of rotatable bonds is 10. The van der Waals surface area contributed by atoms with E-state index in [-0.39, 0.29) is 24.5 Å². The van der Waals surface area contributed by atoms with Gasteiger partial charge in [-0.05, 0) is 36.0 Å². The van der Waals surface area contributed by atoms with Gasteiger partial charge in [-0.1, -0.05) is 91.0 Å². The molecule has 4 atom stereocenters. The number of aliphatic hydroxyl groups is 2. The quantitative estimate of drug-likeness (QED) is 0.485. The normalized spacial score (nSPS) is 15.4. The fraction of sp³-hybridized carbons (Fsp3) is 0.308. The third-order valence-electron chi connectivity index (χ3n) is 5.60. The van der Waals surface area contributed by atoms with Crippen LogP contribution in [0.5, 0.6) is 0 Å². The summed E-state index contributed by atoms with van der Waals surface area (Å²) in [6, 6.07) is 30.5. The first-order valence-electron chi connectivity index (χ1n) is 10.4. The molecule has 0 amide bonds. The molecule has 0 aliphatic rings. The van der Waals surface area contributed by atoms with E-state index in [0.717, 1.165) is 17.5 Å². The minimum absolute atomic E-state index is 0.0486. The molecule has 3 aromatic rings. The van der Waals surface area contributed by atoms with Gasteiger partial charge in [0.15, 0.2) is 0 Å². The summed E-state index contributed by atoms with van der Waals surface area (Å²) in [5.74, 6) is -0.198. The van der Waals surface area contributed by atoms with Crippen molar-refractivity contribution >= 4 is 0 Å². The lowest BCUT2D eigenvalue weighted by atomic mass is 9.72. The van der Waals surface area contributed by atoms with Gasteiger partial charge in [0.2, 0.25) is 0 Å². The lowest BCUT2D eigenvalue weighted by molar-refractivity contribution is 0.106. The Labute approximate surface area is 173 Å². The maximum atomic E-state index is 11.2. The van der Waals surface area contributed by atoms with Gasteiger partial charge in [0.1, 0.15) is 0 Å². The van der Waals surface area contributed by atoms with E-state index in [1.807, 2.05) is 54.6 Å². The van der Waals surface area contributed by atoms with Gasteiger partial charge in [-0.15, -0.1) is 0 Å². The van der Waals surface area contributed by atoms with E-state index in [2.05, 4.69) is 36.4 Å². The highest BCUT2D eigenvalue weighted by Crippen LogP contribution is 2.39. The average Bonchev–Trinajstić information content (AvgIpc) is 2.77. The van der Waals surface area contributed by atoms with Crippen LogP contribution in [0.4, 0.5) is 0 Å². The van der Waals surface area contributed by atoms with Crippen LogP contribution in [0.3, 0.4) is 0 Å². The highest BCUT2D eigenvalue weighted by molar-refractivity contribution is 5.32. The molecule has 0 bridgehead atoms. The smallest absolute Gasteiger partial charge is 0.0616 e. The summed E-state index contributed by atoms with van der Waals surface area (Å²) in [5.41, 5.74) is 10.2. The van der Waals surface area contributed by atoms with E-state index in [1.54, 1.807) is 0 Å². The van der Waals surface area contributed by atoms with Crippen molar-refractivity contribution in [1.82, 2.24) is 0 Å². The second-order valence-electron chi connectivity index (χ2n) is 7.66. The standard InChI is InChI=1S/C26H31NO2/c27-23(19-20-11-4-1-5-12-20)25(21-13-6-2-7-14-21)26(24(29)17-10-18-28)22-15-8-3-9-16-22/h1-9,11-16,23-26,28-29H,10,17-19,27H2/t23-,24-,25-,26+/m0/s1. The Morgan fingerprint density at radius 3 is 1.69 bits per heavy atom. The number of hydrogen-bond donors (Lipinski definition) is 3. The monoisotopic (exact) mass is 389 g/mol. The Bertz CT molecular complexity index is 823. The lowest BCUT2D eigenvalue weighted by Crippen LogP contribution is -2.38. The van der Waals surface area contributed by atoms with E-state index in [4.69, 9.17) is 5.73 Å². The molecule has 0 aromatic heterocycles. The van der Waals surface area contributed by atoms with Crippen molar-refractivity contribution in [1.29, 1.82) is 0 Å². The van der Waals surface area contributed by atoms with Crippen LogP contribution in [0.2, 0.25) is 0 Å². The number of benzene rings is 3. The molecular weight excluding hydrogens is 358 g/mol. The Hall–Kier alpha value is -2.46. The van der Waals surface area contributed by atoms with Gasteiger partial charge < -0.3 is 15.9 Å². The molecule has 0 fully saturated rings. The van der Waals surface area contributed by atoms with Crippen LogP contribution in [0.1, 0.15) is 41.4 Å². The van der Waals surface area contributed by atoms with Gasteiger partial charge in [-0.3, -0.25) is 0 Å². The first kappa shape index (κ1) is 21.3. The third-order valence-corrected chi connectivity index (χ3v) is 5.60. The van der Waals surface area contributed by atoms with Crippen molar-refractivity contribution in [2.24, 2.45) is 5.73 Å². The van der Waals surface area contributed by atoms with E-state index in [9.17, 15) is 10.2 Å². The average molecular weight is 390 g/mol. The van der Waals surface area contributed by atoms with Gasteiger partial charge in [0.05, 0.1) is 6.10 Å². The zero-order chi connectivity index (χ0) is 20.5. The van der Waals surface area contributed by atoms with Crippen LogP contribution in [0, 0.1) is 0 Å². The van der Waals surface area contributed by atoms with E-state index in [0.29, 0.717) is 12.8 Å². The van der Waals surface area contributed by atoms with E-state index >= 15 is 0 Å². The molecule has 3 aromatic carbocycles. The second kappa shape index (κ2) is 10.9. The molecule has 4 N–H and O–H groups in total. The summed E-state index contributed by atoms with van der Waals surface area (Å²) in [5, 5.41) is 20.5. The Morgan fingerprint density at radius 2 is 1.17 bits per heavy atom.